The van der Waals surface area contributed by atoms with Gasteiger partial charge in [0.05, 0.1) is 12.5 Å². The van der Waals surface area contributed by atoms with Crippen LogP contribution in [0.1, 0.15) is 5.01 Å². The highest BCUT2D eigenvalue weighted by Crippen LogP contribution is 2.33. The van der Waals surface area contributed by atoms with Crippen molar-refractivity contribution < 1.29 is 17.6 Å². The molecule has 3 aromatic heterocycles. The van der Waals surface area contributed by atoms with Gasteiger partial charge in [0.1, 0.15) is 5.69 Å². The normalized spacial score (nSPS) is 12.4. The highest BCUT2D eigenvalue weighted by molar-refractivity contribution is 7.16. The molecule has 17 heavy (non-hydrogen) atoms. The molecule has 0 amide bonds. The van der Waals surface area contributed by atoms with Gasteiger partial charge in [-0.15, -0.1) is 5.10 Å². The van der Waals surface area contributed by atoms with Crippen molar-refractivity contribution in [1.29, 1.82) is 0 Å². The Hall–Kier alpha value is -1.83. The summed E-state index contributed by atoms with van der Waals surface area (Å²) in [5.74, 6) is 0.497. The number of hydrogen-bond donors (Lipinski definition) is 0. The van der Waals surface area contributed by atoms with Crippen molar-refractivity contribution in [2.45, 2.75) is 6.18 Å². The molecule has 0 unspecified atom stereocenters. The molecule has 0 fully saturated rings. The Morgan fingerprint density at radius 2 is 2.18 bits per heavy atom. The molecule has 0 radical (unpaired) electrons. The minimum atomic E-state index is -4.43. The molecule has 0 atom stereocenters. The third-order valence-corrected chi connectivity index (χ3v) is 3.03. The zero-order valence-electron chi connectivity index (χ0n) is 8.10. The minimum absolute atomic E-state index is 0.184. The van der Waals surface area contributed by atoms with Gasteiger partial charge in [0, 0.05) is 0 Å². The lowest BCUT2D eigenvalue weighted by atomic mass is 10.4. The van der Waals surface area contributed by atoms with Crippen molar-refractivity contribution in [2.24, 2.45) is 0 Å². The Kier molecular flexibility index (Phi) is 2.02. The smallest absolute Gasteiger partial charge is 0.445 e. The van der Waals surface area contributed by atoms with Crippen molar-refractivity contribution in [3.63, 3.8) is 0 Å². The maximum Gasteiger partial charge on any atom is 0.445 e. The third-order valence-electron chi connectivity index (χ3n) is 2.06. The molecular weight excluding hydrogens is 255 g/mol. The molecular formula is C9H4F3N3OS. The van der Waals surface area contributed by atoms with Crippen LogP contribution < -0.4 is 0 Å². The van der Waals surface area contributed by atoms with Crippen LogP contribution in [0.15, 0.2) is 29.0 Å². The summed E-state index contributed by atoms with van der Waals surface area (Å²) in [5, 5.41) is 2.51. The lowest BCUT2D eigenvalue weighted by Crippen LogP contribution is -2.04. The van der Waals surface area contributed by atoms with E-state index in [9.17, 15) is 13.2 Å². The third kappa shape index (κ3) is 1.70. The Bertz CT molecular complexity index is 621. The van der Waals surface area contributed by atoms with E-state index in [1.54, 1.807) is 12.1 Å². The van der Waals surface area contributed by atoms with E-state index in [1.807, 2.05) is 0 Å². The van der Waals surface area contributed by atoms with E-state index in [1.165, 1.54) is 12.5 Å². The predicted octanol–water partition coefficient (Wildman–Crippen LogP) is 3.07. The zero-order chi connectivity index (χ0) is 12.0. The fraction of sp³-hybridized carbons (Fsp3) is 0.111. The molecule has 4 nitrogen and oxygen atoms in total. The number of hydrogen-bond acceptors (Lipinski definition) is 4. The Balaban J connectivity index is 2.08. The van der Waals surface area contributed by atoms with Gasteiger partial charge in [0.15, 0.2) is 5.76 Å². The fourth-order valence-corrected chi connectivity index (χ4v) is 2.11. The number of aromatic nitrogens is 3. The SMILES string of the molecule is FC(F)(F)c1nn2cc(-c3ccco3)nc2s1. The van der Waals surface area contributed by atoms with E-state index >= 15 is 0 Å². The van der Waals surface area contributed by atoms with E-state index in [2.05, 4.69) is 10.1 Å². The standard InChI is InChI=1S/C9H4F3N3OS/c10-9(11,12)7-14-15-4-5(13-8(15)17-7)6-2-1-3-16-6/h1-4H. The number of alkyl halides is 3. The zero-order valence-corrected chi connectivity index (χ0v) is 8.92. The van der Waals surface area contributed by atoms with Crippen LogP contribution in [0.2, 0.25) is 0 Å². The summed E-state index contributed by atoms with van der Waals surface area (Å²) in [6, 6.07) is 3.36. The van der Waals surface area contributed by atoms with Crippen LogP contribution in [-0.2, 0) is 6.18 Å². The topological polar surface area (TPSA) is 43.3 Å². The number of halogens is 3. The van der Waals surface area contributed by atoms with Crippen molar-refractivity contribution in [2.75, 3.05) is 0 Å². The molecule has 0 aromatic carbocycles. The van der Waals surface area contributed by atoms with Crippen LogP contribution in [0.3, 0.4) is 0 Å². The lowest BCUT2D eigenvalue weighted by Gasteiger charge is -1.97. The Labute approximate surface area is 96.3 Å². The first-order valence-corrected chi connectivity index (χ1v) is 5.33. The summed E-state index contributed by atoms with van der Waals surface area (Å²) < 4.78 is 43.3. The minimum Gasteiger partial charge on any atom is -0.463 e. The monoisotopic (exact) mass is 259 g/mol. The second-order valence-corrected chi connectivity index (χ2v) is 4.19. The second kappa shape index (κ2) is 3.33. The summed E-state index contributed by atoms with van der Waals surface area (Å²) in [7, 11) is 0. The van der Waals surface area contributed by atoms with Crippen LogP contribution in [-0.4, -0.2) is 14.6 Å². The molecule has 3 heterocycles. The summed E-state index contributed by atoms with van der Waals surface area (Å²) >= 11 is 0.496. The second-order valence-electron chi connectivity index (χ2n) is 3.24. The van der Waals surface area contributed by atoms with E-state index in [0.29, 0.717) is 22.8 Å². The first-order valence-electron chi connectivity index (χ1n) is 4.51. The summed E-state index contributed by atoms with van der Waals surface area (Å²) in [6.45, 7) is 0. The number of rotatable bonds is 1. The average molecular weight is 259 g/mol. The summed E-state index contributed by atoms with van der Waals surface area (Å²) in [4.78, 5) is 4.20. The molecule has 0 aliphatic carbocycles. The molecule has 3 rings (SSSR count). The quantitative estimate of drug-likeness (QED) is 0.674. The molecule has 3 aromatic rings. The van der Waals surface area contributed by atoms with Crippen LogP contribution in [0.25, 0.3) is 16.4 Å². The van der Waals surface area contributed by atoms with Crippen LogP contribution in [0.5, 0.6) is 0 Å². The van der Waals surface area contributed by atoms with Gasteiger partial charge in [-0.3, -0.25) is 0 Å². The maximum atomic E-state index is 12.4. The van der Waals surface area contributed by atoms with E-state index in [-0.39, 0.29) is 4.96 Å². The molecule has 0 aliphatic heterocycles. The van der Waals surface area contributed by atoms with E-state index in [0.717, 1.165) is 4.52 Å². The van der Waals surface area contributed by atoms with Gasteiger partial charge in [0.25, 0.3) is 0 Å². The molecule has 0 N–H and O–H groups in total. The molecule has 0 spiro atoms. The molecule has 0 aliphatic rings. The molecule has 0 bridgehead atoms. The summed E-state index contributed by atoms with van der Waals surface area (Å²) in [6.07, 6.45) is -1.56. The van der Waals surface area contributed by atoms with Gasteiger partial charge in [0.2, 0.25) is 9.97 Å². The average Bonchev–Trinajstić information content (AvgIpc) is 2.90. The molecule has 88 valence electrons. The van der Waals surface area contributed by atoms with E-state index in [4.69, 9.17) is 4.42 Å². The van der Waals surface area contributed by atoms with Gasteiger partial charge < -0.3 is 4.42 Å². The fourth-order valence-electron chi connectivity index (χ4n) is 1.36. The maximum absolute atomic E-state index is 12.4. The van der Waals surface area contributed by atoms with E-state index < -0.39 is 11.2 Å². The van der Waals surface area contributed by atoms with Gasteiger partial charge in [-0.25, -0.2) is 9.50 Å². The predicted molar refractivity (Wildman–Crippen MR) is 53.6 cm³/mol. The first-order chi connectivity index (χ1) is 8.04. The van der Waals surface area contributed by atoms with Crippen LogP contribution >= 0.6 is 11.3 Å². The number of fused-ring (bicyclic) bond motifs is 1. The molecule has 8 heteroatoms. The van der Waals surface area contributed by atoms with Gasteiger partial charge in [-0.2, -0.15) is 13.2 Å². The first kappa shape index (κ1) is 10.3. The highest BCUT2D eigenvalue weighted by atomic mass is 32.1. The highest BCUT2D eigenvalue weighted by Gasteiger charge is 2.35. The van der Waals surface area contributed by atoms with Crippen molar-refractivity contribution in [3.05, 3.63) is 29.6 Å². The number of imidazole rings is 1. The Morgan fingerprint density at radius 3 is 2.76 bits per heavy atom. The summed E-state index contributed by atoms with van der Waals surface area (Å²) in [5.41, 5.74) is 0.461. The van der Waals surface area contributed by atoms with Crippen LogP contribution in [0, 0.1) is 0 Å². The van der Waals surface area contributed by atoms with Crippen molar-refractivity contribution in [1.82, 2.24) is 14.6 Å². The van der Waals surface area contributed by atoms with Gasteiger partial charge in [-0.1, -0.05) is 11.3 Å². The van der Waals surface area contributed by atoms with Crippen molar-refractivity contribution in [3.8, 4) is 11.5 Å². The van der Waals surface area contributed by atoms with Crippen LogP contribution in [0.4, 0.5) is 13.2 Å². The number of furan rings is 1. The van der Waals surface area contributed by atoms with Gasteiger partial charge >= 0.3 is 6.18 Å². The lowest BCUT2D eigenvalue weighted by molar-refractivity contribution is -0.138. The van der Waals surface area contributed by atoms with Crippen molar-refractivity contribution >= 4 is 16.3 Å². The molecule has 0 saturated carbocycles. The Morgan fingerprint density at radius 1 is 1.35 bits per heavy atom. The van der Waals surface area contributed by atoms with Gasteiger partial charge in [-0.05, 0) is 12.1 Å². The largest absolute Gasteiger partial charge is 0.463 e. The molecule has 0 saturated heterocycles. The number of nitrogens with zero attached hydrogens (tertiary/aromatic N) is 3.